The van der Waals surface area contributed by atoms with Crippen molar-refractivity contribution in [2.75, 3.05) is 0 Å². The van der Waals surface area contributed by atoms with Crippen molar-refractivity contribution in [1.82, 2.24) is 9.55 Å². The second-order valence-electron chi connectivity index (χ2n) is 8.15. The molecule has 2 aliphatic rings. The van der Waals surface area contributed by atoms with Gasteiger partial charge in [-0.05, 0) is 43.7 Å². The van der Waals surface area contributed by atoms with E-state index in [1.54, 1.807) is 35.8 Å². The van der Waals surface area contributed by atoms with Crippen LogP contribution in [0.15, 0.2) is 35.1 Å². The number of cyclic esters (lactones) is 1. The summed E-state index contributed by atoms with van der Waals surface area (Å²) in [5.74, 6) is -1.37. The molecule has 0 saturated carbocycles. The molecule has 0 bridgehead atoms. The van der Waals surface area contributed by atoms with Crippen molar-refractivity contribution in [3.05, 3.63) is 57.4 Å². The van der Waals surface area contributed by atoms with Crippen LogP contribution in [0.3, 0.4) is 0 Å². The van der Waals surface area contributed by atoms with Crippen LogP contribution in [0.1, 0.15) is 37.0 Å². The lowest BCUT2D eigenvalue weighted by molar-refractivity contribution is -0.190. The maximum atomic E-state index is 13.4. The highest BCUT2D eigenvalue weighted by atomic mass is 16.6. The number of carbonyl (C=O) groups is 2. The van der Waals surface area contributed by atoms with E-state index in [-0.39, 0.29) is 29.9 Å². The van der Waals surface area contributed by atoms with Crippen molar-refractivity contribution in [1.29, 1.82) is 0 Å². The van der Waals surface area contributed by atoms with Gasteiger partial charge in [-0.3, -0.25) is 9.59 Å². The molecule has 1 unspecified atom stereocenters. The van der Waals surface area contributed by atoms with Crippen molar-refractivity contribution in [3.8, 4) is 17.1 Å². The monoisotopic (exact) mass is 435 g/mol. The highest BCUT2D eigenvalue weighted by molar-refractivity contribution is 5.89. The van der Waals surface area contributed by atoms with Crippen LogP contribution < -0.4 is 11.3 Å². The van der Waals surface area contributed by atoms with Crippen LogP contribution in [0.2, 0.25) is 0 Å². The molecule has 32 heavy (non-hydrogen) atoms. The van der Waals surface area contributed by atoms with E-state index in [0.29, 0.717) is 29.0 Å². The Hall–Kier alpha value is -3.72. The summed E-state index contributed by atoms with van der Waals surface area (Å²) in [5, 5.41) is 10.5. The summed E-state index contributed by atoms with van der Waals surface area (Å²) in [7, 11) is 0. The van der Waals surface area contributed by atoms with Crippen molar-refractivity contribution in [2.45, 2.75) is 45.1 Å². The minimum Gasteiger partial charge on any atom is -0.508 e. The van der Waals surface area contributed by atoms with Gasteiger partial charge in [0.05, 0.1) is 29.0 Å². The van der Waals surface area contributed by atoms with Gasteiger partial charge in [-0.1, -0.05) is 6.92 Å². The van der Waals surface area contributed by atoms with Crippen molar-refractivity contribution in [3.63, 3.8) is 0 Å². The van der Waals surface area contributed by atoms with Crippen molar-refractivity contribution >= 4 is 22.8 Å². The number of phenolic OH excluding ortho intramolecular Hbond substituents is 1. The maximum Gasteiger partial charge on any atom is 0.355 e. The first-order valence-corrected chi connectivity index (χ1v) is 10.3. The molecule has 0 fully saturated rings. The Bertz CT molecular complexity index is 1380. The van der Waals surface area contributed by atoms with E-state index in [4.69, 9.17) is 20.2 Å². The summed E-state index contributed by atoms with van der Waals surface area (Å²) in [5.41, 5.74) is 6.75. The summed E-state index contributed by atoms with van der Waals surface area (Å²) in [6, 6.07) is 7.48. The van der Waals surface area contributed by atoms with Crippen LogP contribution in [0.5, 0.6) is 5.75 Å². The van der Waals surface area contributed by atoms with Gasteiger partial charge < -0.3 is 24.9 Å². The number of ether oxygens (including phenoxy) is 2. The molecule has 0 amide bonds. The number of nitrogens with zero attached hydrogens (tertiary/aromatic N) is 2. The zero-order valence-electron chi connectivity index (χ0n) is 17.5. The largest absolute Gasteiger partial charge is 0.508 e. The summed E-state index contributed by atoms with van der Waals surface area (Å²) in [4.78, 5) is 43.3. The van der Waals surface area contributed by atoms with Gasteiger partial charge in [-0.2, -0.15) is 0 Å². The molecule has 9 nitrogen and oxygen atoms in total. The van der Waals surface area contributed by atoms with E-state index < -0.39 is 23.6 Å². The Labute approximate surface area is 182 Å². The van der Waals surface area contributed by atoms with E-state index >= 15 is 0 Å². The fourth-order valence-corrected chi connectivity index (χ4v) is 4.40. The lowest BCUT2D eigenvalue weighted by atomic mass is 9.85. The lowest BCUT2D eigenvalue weighted by Crippen LogP contribution is -2.49. The lowest BCUT2D eigenvalue weighted by Gasteiger charge is -2.36. The summed E-state index contributed by atoms with van der Waals surface area (Å²) >= 11 is 0. The van der Waals surface area contributed by atoms with Gasteiger partial charge in [0.25, 0.3) is 5.56 Å². The number of aromatic nitrogens is 2. The van der Waals surface area contributed by atoms with Crippen molar-refractivity contribution in [2.24, 2.45) is 5.73 Å². The van der Waals surface area contributed by atoms with Gasteiger partial charge in [0, 0.05) is 16.5 Å². The van der Waals surface area contributed by atoms with Crippen LogP contribution in [0, 0.1) is 0 Å². The first-order valence-electron chi connectivity index (χ1n) is 10.3. The van der Waals surface area contributed by atoms with Gasteiger partial charge in [-0.25, -0.2) is 9.78 Å². The summed E-state index contributed by atoms with van der Waals surface area (Å²) < 4.78 is 12.4. The highest BCUT2D eigenvalue weighted by Crippen LogP contribution is 2.41. The van der Waals surface area contributed by atoms with Crippen LogP contribution in [0.4, 0.5) is 0 Å². The molecule has 2 atom stereocenters. The predicted molar refractivity (Wildman–Crippen MR) is 114 cm³/mol. The van der Waals surface area contributed by atoms with E-state index in [1.165, 1.54) is 6.92 Å². The molecular weight excluding hydrogens is 414 g/mol. The predicted octanol–water partition coefficient (Wildman–Crippen LogP) is 1.68. The van der Waals surface area contributed by atoms with Gasteiger partial charge in [0.1, 0.15) is 18.4 Å². The standard InChI is InChI=1S/C23H21N3O6/c1-3-23(32-21(29)11(2)24)16-8-18-19-13(6-12-7-14(27)4-5-17(12)25-19)9-26(18)20(28)15(16)10-31-22(23)30/h4-8,11,27H,3,9-10,24H2,1-2H3/t11?,23-/m0/s1. The summed E-state index contributed by atoms with van der Waals surface area (Å²) in [6.07, 6.45) is 0.0808. The number of pyridine rings is 2. The van der Waals surface area contributed by atoms with Crippen LogP contribution in [-0.4, -0.2) is 32.6 Å². The fourth-order valence-electron chi connectivity index (χ4n) is 4.40. The molecule has 3 N–H and O–H groups in total. The molecule has 0 saturated heterocycles. The molecule has 1 aromatic carbocycles. The molecule has 164 valence electrons. The van der Waals surface area contributed by atoms with Crippen molar-refractivity contribution < 1.29 is 24.2 Å². The average molecular weight is 435 g/mol. The molecule has 4 heterocycles. The number of esters is 2. The van der Waals surface area contributed by atoms with E-state index in [9.17, 15) is 19.5 Å². The van der Waals surface area contributed by atoms with Gasteiger partial charge in [0.15, 0.2) is 0 Å². The van der Waals surface area contributed by atoms with E-state index in [2.05, 4.69) is 0 Å². The number of nitrogens with two attached hydrogens (primary N) is 1. The Balaban J connectivity index is 1.74. The summed E-state index contributed by atoms with van der Waals surface area (Å²) in [6.45, 7) is 3.23. The molecule has 2 aliphatic heterocycles. The maximum absolute atomic E-state index is 13.4. The van der Waals surface area contributed by atoms with Gasteiger partial charge >= 0.3 is 11.9 Å². The zero-order chi connectivity index (χ0) is 22.8. The quantitative estimate of drug-likeness (QED) is 0.464. The number of hydrogen-bond donors (Lipinski definition) is 2. The molecule has 0 spiro atoms. The second-order valence-corrected chi connectivity index (χ2v) is 8.15. The van der Waals surface area contributed by atoms with E-state index in [1.807, 2.05) is 6.07 Å². The fraction of sp³-hybridized carbons (Fsp3) is 0.304. The highest BCUT2D eigenvalue weighted by Gasteiger charge is 2.50. The number of aromatic hydroxyl groups is 1. The zero-order valence-corrected chi connectivity index (χ0v) is 17.5. The molecule has 2 aromatic heterocycles. The Morgan fingerprint density at radius 2 is 2.12 bits per heavy atom. The third kappa shape index (κ3) is 2.74. The minimum atomic E-state index is -1.75. The minimum absolute atomic E-state index is 0.0808. The number of benzene rings is 1. The van der Waals surface area contributed by atoms with E-state index in [0.717, 1.165) is 10.9 Å². The van der Waals surface area contributed by atoms with Gasteiger partial charge in [0.2, 0.25) is 5.60 Å². The topological polar surface area (TPSA) is 134 Å². The molecule has 0 radical (unpaired) electrons. The third-order valence-electron chi connectivity index (χ3n) is 6.11. The number of hydrogen-bond acceptors (Lipinski definition) is 8. The first-order chi connectivity index (χ1) is 15.2. The Morgan fingerprint density at radius 1 is 1.34 bits per heavy atom. The van der Waals surface area contributed by atoms with Crippen LogP contribution in [-0.2, 0) is 37.8 Å². The molecule has 9 heteroatoms. The Kier molecular flexibility index (Phi) is 4.35. The number of rotatable bonds is 3. The molecular formula is C23H21N3O6. The Morgan fingerprint density at radius 3 is 2.84 bits per heavy atom. The van der Waals surface area contributed by atoms with Crippen LogP contribution >= 0.6 is 0 Å². The SMILES string of the molecule is CC[C@@]1(OC(=O)C(C)N)C(=O)OCc2c1cc1n(c2=O)Cc2cc3cc(O)ccc3nc2-1. The second kappa shape index (κ2) is 6.89. The first kappa shape index (κ1) is 20.2. The molecule has 3 aromatic rings. The molecule has 0 aliphatic carbocycles. The molecule has 5 rings (SSSR count). The van der Waals surface area contributed by atoms with Crippen LogP contribution in [0.25, 0.3) is 22.3 Å². The van der Waals surface area contributed by atoms with Gasteiger partial charge in [-0.15, -0.1) is 0 Å². The average Bonchev–Trinajstić information content (AvgIpc) is 3.12. The normalized spacial score (nSPS) is 19.7. The third-order valence-corrected chi connectivity index (χ3v) is 6.11. The number of phenols is 1. The number of carbonyl (C=O) groups excluding carboxylic acids is 2. The number of fused-ring (bicyclic) bond motifs is 5. The smallest absolute Gasteiger partial charge is 0.355 e.